The zero-order chi connectivity index (χ0) is 13.7. The number of para-hydroxylation sites is 2. The number of furan rings is 1. The Labute approximate surface area is 108 Å². The highest BCUT2D eigenvalue weighted by Crippen LogP contribution is 2.26. The first-order valence-electron chi connectivity index (χ1n) is 5.58. The molecule has 1 aromatic heterocycles. The van der Waals surface area contributed by atoms with E-state index in [1.54, 1.807) is 30.5 Å². The third kappa shape index (κ3) is 4.24. The molecule has 19 heavy (non-hydrogen) atoms. The van der Waals surface area contributed by atoms with Gasteiger partial charge >= 0.3 is 6.18 Å². The minimum Gasteiger partial charge on any atom is -0.482 e. The maximum atomic E-state index is 12.1. The van der Waals surface area contributed by atoms with Crippen LogP contribution in [0.15, 0.2) is 47.3 Å². The van der Waals surface area contributed by atoms with Crippen LogP contribution in [0.1, 0.15) is 5.56 Å². The van der Waals surface area contributed by atoms with Crippen molar-refractivity contribution in [1.82, 2.24) is 0 Å². The molecule has 0 spiro atoms. The molecule has 2 rings (SSSR count). The Kier molecular flexibility index (Phi) is 3.99. The summed E-state index contributed by atoms with van der Waals surface area (Å²) in [6.07, 6.45) is -1.26. The van der Waals surface area contributed by atoms with E-state index in [0.29, 0.717) is 12.2 Å². The van der Waals surface area contributed by atoms with Crippen LogP contribution in [0.5, 0.6) is 5.75 Å². The lowest BCUT2D eigenvalue weighted by molar-refractivity contribution is -0.153. The fraction of sp³-hybridized carbons (Fsp3) is 0.231. The van der Waals surface area contributed by atoms with Gasteiger partial charge in [0.1, 0.15) is 5.75 Å². The summed E-state index contributed by atoms with van der Waals surface area (Å²) in [5.74, 6) is 0.170. The van der Waals surface area contributed by atoms with E-state index in [-0.39, 0.29) is 5.75 Å². The maximum Gasteiger partial charge on any atom is 0.422 e. The summed E-state index contributed by atoms with van der Waals surface area (Å²) in [4.78, 5) is 0. The summed E-state index contributed by atoms with van der Waals surface area (Å²) in [5, 5.41) is 3.00. The number of hydrogen-bond donors (Lipinski definition) is 1. The van der Waals surface area contributed by atoms with Crippen LogP contribution < -0.4 is 10.1 Å². The molecule has 0 bridgehead atoms. The van der Waals surface area contributed by atoms with Crippen LogP contribution in [0.4, 0.5) is 18.9 Å². The van der Waals surface area contributed by atoms with Gasteiger partial charge in [-0.2, -0.15) is 13.2 Å². The molecular formula is C13H12F3NO2. The highest BCUT2D eigenvalue weighted by atomic mass is 19.4. The van der Waals surface area contributed by atoms with E-state index in [1.165, 1.54) is 12.3 Å². The van der Waals surface area contributed by atoms with Crippen LogP contribution in [-0.4, -0.2) is 12.8 Å². The third-order valence-corrected chi connectivity index (χ3v) is 2.34. The van der Waals surface area contributed by atoms with Gasteiger partial charge in [0.2, 0.25) is 0 Å². The molecule has 0 aliphatic rings. The predicted octanol–water partition coefficient (Wildman–Crippen LogP) is 3.83. The topological polar surface area (TPSA) is 34.4 Å². The number of alkyl halides is 3. The molecule has 2 aromatic rings. The van der Waals surface area contributed by atoms with Crippen molar-refractivity contribution in [3.63, 3.8) is 0 Å². The molecule has 102 valence electrons. The quantitative estimate of drug-likeness (QED) is 0.897. The fourth-order valence-corrected chi connectivity index (χ4v) is 1.49. The first-order chi connectivity index (χ1) is 9.04. The van der Waals surface area contributed by atoms with Crippen molar-refractivity contribution in [2.45, 2.75) is 12.7 Å². The fourth-order valence-electron chi connectivity index (χ4n) is 1.49. The Morgan fingerprint density at radius 3 is 2.63 bits per heavy atom. The van der Waals surface area contributed by atoms with Gasteiger partial charge in [0.15, 0.2) is 6.61 Å². The molecule has 1 heterocycles. The lowest BCUT2D eigenvalue weighted by atomic mass is 10.2. The average molecular weight is 271 g/mol. The average Bonchev–Trinajstić information content (AvgIpc) is 2.87. The van der Waals surface area contributed by atoms with Gasteiger partial charge in [-0.1, -0.05) is 12.1 Å². The lowest BCUT2D eigenvalue weighted by Gasteiger charge is -2.13. The highest BCUT2D eigenvalue weighted by Gasteiger charge is 2.28. The Balaban J connectivity index is 1.99. The van der Waals surface area contributed by atoms with Crippen LogP contribution in [0.25, 0.3) is 0 Å². The van der Waals surface area contributed by atoms with E-state index in [0.717, 1.165) is 5.56 Å². The maximum absolute atomic E-state index is 12.1. The first kappa shape index (κ1) is 13.3. The molecule has 6 heteroatoms. The molecule has 0 amide bonds. The lowest BCUT2D eigenvalue weighted by Crippen LogP contribution is -2.19. The number of hydrogen-bond acceptors (Lipinski definition) is 3. The van der Waals surface area contributed by atoms with E-state index in [4.69, 9.17) is 9.15 Å². The van der Waals surface area contributed by atoms with Gasteiger partial charge < -0.3 is 14.5 Å². The molecule has 1 aromatic carbocycles. The number of benzene rings is 1. The second-order valence-electron chi connectivity index (χ2n) is 3.89. The molecule has 0 saturated carbocycles. The molecule has 0 fully saturated rings. The molecule has 3 nitrogen and oxygen atoms in total. The van der Waals surface area contributed by atoms with Crippen LogP contribution >= 0.6 is 0 Å². The highest BCUT2D eigenvalue weighted by molar-refractivity contribution is 5.56. The standard InChI is InChI=1S/C13H12F3NO2/c14-13(15,16)9-19-12-4-2-1-3-11(12)17-7-10-5-6-18-8-10/h1-6,8,17H,7,9H2. The molecule has 1 N–H and O–H groups in total. The Morgan fingerprint density at radius 2 is 1.95 bits per heavy atom. The molecule has 0 atom stereocenters. The summed E-state index contributed by atoms with van der Waals surface area (Å²) >= 11 is 0. The molecule has 0 aliphatic heterocycles. The smallest absolute Gasteiger partial charge is 0.422 e. The van der Waals surface area contributed by atoms with Crippen molar-refractivity contribution in [3.8, 4) is 5.75 Å². The summed E-state index contributed by atoms with van der Waals surface area (Å²) in [6, 6.07) is 8.26. The number of ether oxygens (including phenoxy) is 1. The molecule has 0 saturated heterocycles. The van der Waals surface area contributed by atoms with Gasteiger partial charge in [0, 0.05) is 12.1 Å². The van der Waals surface area contributed by atoms with Crippen molar-refractivity contribution in [3.05, 3.63) is 48.4 Å². The monoisotopic (exact) mass is 271 g/mol. The Morgan fingerprint density at radius 1 is 1.16 bits per heavy atom. The summed E-state index contributed by atoms with van der Waals surface area (Å²) < 4.78 is 46.0. The van der Waals surface area contributed by atoms with Crippen LogP contribution in [-0.2, 0) is 6.54 Å². The SMILES string of the molecule is FC(F)(F)COc1ccccc1NCc1ccoc1. The number of nitrogens with one attached hydrogen (secondary N) is 1. The van der Waals surface area contributed by atoms with Crippen molar-refractivity contribution in [1.29, 1.82) is 0 Å². The predicted molar refractivity (Wildman–Crippen MR) is 64.0 cm³/mol. The van der Waals surface area contributed by atoms with Gasteiger partial charge in [-0.3, -0.25) is 0 Å². The van der Waals surface area contributed by atoms with Crippen LogP contribution in [0.2, 0.25) is 0 Å². The Bertz CT molecular complexity index is 509. The first-order valence-corrected chi connectivity index (χ1v) is 5.58. The summed E-state index contributed by atoms with van der Waals surface area (Å²) in [6.45, 7) is -0.861. The van der Waals surface area contributed by atoms with Gasteiger partial charge in [0.05, 0.1) is 18.2 Å². The van der Waals surface area contributed by atoms with Crippen molar-refractivity contribution < 1.29 is 22.3 Å². The van der Waals surface area contributed by atoms with Crippen molar-refractivity contribution in [2.24, 2.45) is 0 Å². The van der Waals surface area contributed by atoms with Crippen LogP contribution in [0.3, 0.4) is 0 Å². The van der Waals surface area contributed by atoms with Crippen molar-refractivity contribution >= 4 is 5.69 Å². The van der Waals surface area contributed by atoms with Gasteiger partial charge in [-0.25, -0.2) is 0 Å². The molecular weight excluding hydrogens is 259 g/mol. The van der Waals surface area contributed by atoms with Gasteiger partial charge in [-0.15, -0.1) is 0 Å². The Hall–Kier alpha value is -2.11. The zero-order valence-corrected chi connectivity index (χ0v) is 9.91. The molecule has 0 unspecified atom stereocenters. The van der Waals surface area contributed by atoms with E-state index in [1.807, 2.05) is 0 Å². The van der Waals surface area contributed by atoms with Gasteiger partial charge in [0.25, 0.3) is 0 Å². The molecule has 0 radical (unpaired) electrons. The van der Waals surface area contributed by atoms with Gasteiger partial charge in [-0.05, 0) is 18.2 Å². The van der Waals surface area contributed by atoms with E-state index in [9.17, 15) is 13.2 Å². The number of halogens is 3. The second-order valence-corrected chi connectivity index (χ2v) is 3.89. The second kappa shape index (κ2) is 5.69. The minimum atomic E-state index is -4.35. The number of anilines is 1. The minimum absolute atomic E-state index is 0.170. The third-order valence-electron chi connectivity index (χ3n) is 2.34. The normalized spacial score (nSPS) is 11.3. The summed E-state index contributed by atoms with van der Waals surface area (Å²) in [7, 11) is 0. The zero-order valence-electron chi connectivity index (χ0n) is 9.91. The largest absolute Gasteiger partial charge is 0.482 e. The molecule has 0 aliphatic carbocycles. The van der Waals surface area contributed by atoms with E-state index < -0.39 is 12.8 Å². The van der Waals surface area contributed by atoms with E-state index in [2.05, 4.69) is 5.32 Å². The van der Waals surface area contributed by atoms with Crippen molar-refractivity contribution in [2.75, 3.05) is 11.9 Å². The number of rotatable bonds is 5. The van der Waals surface area contributed by atoms with E-state index >= 15 is 0 Å². The van der Waals surface area contributed by atoms with Crippen LogP contribution in [0, 0.1) is 0 Å². The summed E-state index contributed by atoms with van der Waals surface area (Å²) in [5.41, 5.74) is 1.40.